The van der Waals surface area contributed by atoms with Gasteiger partial charge in [-0.25, -0.2) is 0 Å². The van der Waals surface area contributed by atoms with Crippen LogP contribution < -0.4 is 14.8 Å². The van der Waals surface area contributed by atoms with E-state index in [4.69, 9.17) is 9.47 Å². The summed E-state index contributed by atoms with van der Waals surface area (Å²) in [7, 11) is 0. The Morgan fingerprint density at radius 1 is 1.12 bits per heavy atom. The number of nitrogens with one attached hydrogen (secondary N) is 1. The summed E-state index contributed by atoms with van der Waals surface area (Å²) in [5, 5.41) is 3.16. The molecule has 1 aromatic carbocycles. The molecule has 10 heteroatoms. The van der Waals surface area contributed by atoms with Crippen LogP contribution >= 0.6 is 40.7 Å². The number of nitrogens with zero attached hydrogens (tertiary/aromatic N) is 1. The summed E-state index contributed by atoms with van der Waals surface area (Å²) < 4.78 is 50.3. The lowest BCUT2D eigenvalue weighted by Gasteiger charge is -2.36. The smallest absolute Gasteiger partial charge is 0.390 e. The van der Waals surface area contributed by atoms with Crippen molar-refractivity contribution in [2.24, 2.45) is 0 Å². The van der Waals surface area contributed by atoms with Gasteiger partial charge < -0.3 is 14.8 Å². The molecule has 2 aliphatic heterocycles. The standard InChI is InChI=1S/C14H16BrF3N2O2.2ClH/c15-10-6-13-12(21-8-22-13)5-9(10)11(7-14(16,17)18)20-3-1-19-2-4-20;;/h5-6,11,19H,1-4,7-8H2;2*1H/t11-;;/m1../s1. The molecule has 0 saturated carbocycles. The quantitative estimate of drug-likeness (QED) is 0.752. The fourth-order valence-corrected chi connectivity index (χ4v) is 3.42. The highest BCUT2D eigenvalue weighted by Crippen LogP contribution is 2.43. The summed E-state index contributed by atoms with van der Waals surface area (Å²) >= 11 is 3.38. The van der Waals surface area contributed by atoms with Crippen molar-refractivity contribution in [1.82, 2.24) is 10.2 Å². The number of hydrogen-bond donors (Lipinski definition) is 1. The number of piperazine rings is 1. The first-order chi connectivity index (χ1) is 10.4. The van der Waals surface area contributed by atoms with Gasteiger partial charge >= 0.3 is 6.18 Å². The zero-order chi connectivity index (χ0) is 15.7. The van der Waals surface area contributed by atoms with Crippen LogP contribution in [0.1, 0.15) is 18.0 Å². The van der Waals surface area contributed by atoms with E-state index in [-0.39, 0.29) is 31.6 Å². The van der Waals surface area contributed by atoms with Gasteiger partial charge in [0, 0.05) is 36.7 Å². The molecule has 0 aliphatic carbocycles. The van der Waals surface area contributed by atoms with E-state index in [0.29, 0.717) is 47.7 Å². The molecule has 1 saturated heterocycles. The minimum atomic E-state index is -4.23. The second-order valence-electron chi connectivity index (χ2n) is 5.35. The number of benzene rings is 1. The molecule has 3 rings (SSSR count). The van der Waals surface area contributed by atoms with Crippen molar-refractivity contribution >= 4 is 40.7 Å². The average Bonchev–Trinajstić information content (AvgIpc) is 2.91. The maximum absolute atomic E-state index is 13.0. The lowest BCUT2D eigenvalue weighted by Crippen LogP contribution is -2.46. The van der Waals surface area contributed by atoms with E-state index in [0.717, 1.165) is 0 Å². The van der Waals surface area contributed by atoms with Gasteiger partial charge in [0.25, 0.3) is 0 Å². The van der Waals surface area contributed by atoms with Crippen molar-refractivity contribution in [3.05, 3.63) is 22.2 Å². The summed E-state index contributed by atoms with van der Waals surface area (Å²) in [4.78, 5) is 1.87. The lowest BCUT2D eigenvalue weighted by molar-refractivity contribution is -0.148. The number of halogens is 6. The van der Waals surface area contributed by atoms with E-state index in [1.807, 2.05) is 4.90 Å². The van der Waals surface area contributed by atoms with Gasteiger partial charge in [-0.15, -0.1) is 24.8 Å². The largest absolute Gasteiger partial charge is 0.454 e. The SMILES string of the molecule is Cl.Cl.FC(F)(F)C[C@H](c1cc2c(cc1Br)OCO2)N1CCNCC1. The van der Waals surface area contributed by atoms with Gasteiger partial charge in [0.2, 0.25) is 6.79 Å². The predicted octanol–water partition coefficient (Wildman–Crippen LogP) is 3.92. The van der Waals surface area contributed by atoms with Gasteiger partial charge in [-0.1, -0.05) is 15.9 Å². The van der Waals surface area contributed by atoms with E-state index in [9.17, 15) is 13.2 Å². The van der Waals surface area contributed by atoms with Gasteiger partial charge in [0.1, 0.15) is 0 Å². The first-order valence-corrected chi connectivity index (χ1v) is 7.84. The summed E-state index contributed by atoms with van der Waals surface area (Å²) in [6.45, 7) is 2.65. The fourth-order valence-electron chi connectivity index (χ4n) is 2.84. The highest BCUT2D eigenvalue weighted by molar-refractivity contribution is 9.10. The third-order valence-electron chi connectivity index (χ3n) is 3.87. The van der Waals surface area contributed by atoms with E-state index in [1.165, 1.54) is 0 Å². The minimum absolute atomic E-state index is 0. The molecular weight excluding hydrogens is 436 g/mol. The Hall–Kier alpha value is -0.410. The van der Waals surface area contributed by atoms with Crippen LogP contribution in [0.5, 0.6) is 11.5 Å². The van der Waals surface area contributed by atoms with Crippen LogP contribution in [0.2, 0.25) is 0 Å². The van der Waals surface area contributed by atoms with E-state index >= 15 is 0 Å². The van der Waals surface area contributed by atoms with Crippen LogP contribution in [0.25, 0.3) is 0 Å². The molecule has 24 heavy (non-hydrogen) atoms. The highest BCUT2D eigenvalue weighted by Gasteiger charge is 2.37. The molecule has 0 aromatic heterocycles. The maximum Gasteiger partial charge on any atom is 0.390 e. The molecule has 0 spiro atoms. The third-order valence-corrected chi connectivity index (χ3v) is 4.55. The van der Waals surface area contributed by atoms with Gasteiger partial charge in [-0.2, -0.15) is 13.2 Å². The zero-order valence-corrected chi connectivity index (χ0v) is 15.8. The first kappa shape index (κ1) is 21.6. The summed E-state index contributed by atoms with van der Waals surface area (Å²) in [6, 6.07) is 2.61. The molecule has 1 fully saturated rings. The lowest BCUT2D eigenvalue weighted by atomic mass is 10.00. The third kappa shape index (κ3) is 5.05. The van der Waals surface area contributed by atoms with E-state index in [2.05, 4.69) is 21.2 Å². The highest BCUT2D eigenvalue weighted by atomic mass is 79.9. The summed E-state index contributed by atoms with van der Waals surface area (Å²) in [5.74, 6) is 1.06. The normalized spacial score (nSPS) is 18.5. The Morgan fingerprint density at radius 3 is 2.29 bits per heavy atom. The van der Waals surface area contributed by atoms with Crippen molar-refractivity contribution in [3.8, 4) is 11.5 Å². The molecular formula is C14H18BrCl2F3N2O2. The molecule has 1 atom stereocenters. The Morgan fingerprint density at radius 2 is 1.71 bits per heavy atom. The second kappa shape index (κ2) is 8.80. The molecule has 0 radical (unpaired) electrons. The molecule has 4 nitrogen and oxygen atoms in total. The molecule has 1 aromatic rings. The second-order valence-corrected chi connectivity index (χ2v) is 6.20. The van der Waals surface area contributed by atoms with Crippen molar-refractivity contribution in [1.29, 1.82) is 0 Å². The van der Waals surface area contributed by atoms with Crippen LogP contribution in [-0.4, -0.2) is 44.0 Å². The van der Waals surface area contributed by atoms with Crippen molar-refractivity contribution < 1.29 is 22.6 Å². The zero-order valence-electron chi connectivity index (χ0n) is 12.6. The molecule has 0 unspecified atom stereocenters. The first-order valence-electron chi connectivity index (χ1n) is 7.04. The van der Waals surface area contributed by atoms with Gasteiger partial charge in [-0.3, -0.25) is 4.90 Å². The van der Waals surface area contributed by atoms with Crippen LogP contribution in [0.3, 0.4) is 0 Å². The number of rotatable bonds is 3. The van der Waals surface area contributed by atoms with Crippen molar-refractivity contribution in [2.75, 3.05) is 33.0 Å². The van der Waals surface area contributed by atoms with Crippen LogP contribution in [-0.2, 0) is 0 Å². The number of fused-ring (bicyclic) bond motifs is 1. The maximum atomic E-state index is 13.0. The van der Waals surface area contributed by atoms with Gasteiger partial charge in [0.05, 0.1) is 6.42 Å². The fraction of sp³-hybridized carbons (Fsp3) is 0.571. The number of ether oxygens (including phenoxy) is 2. The molecule has 0 amide bonds. The molecule has 2 heterocycles. The van der Waals surface area contributed by atoms with E-state index < -0.39 is 18.6 Å². The van der Waals surface area contributed by atoms with Crippen LogP contribution in [0.15, 0.2) is 16.6 Å². The molecule has 138 valence electrons. The van der Waals surface area contributed by atoms with E-state index in [1.54, 1.807) is 12.1 Å². The van der Waals surface area contributed by atoms with Gasteiger partial charge in [-0.05, 0) is 17.7 Å². The summed E-state index contributed by atoms with van der Waals surface area (Å²) in [5.41, 5.74) is 0.587. The summed E-state index contributed by atoms with van der Waals surface area (Å²) in [6.07, 6.45) is -5.11. The Kier molecular flexibility index (Phi) is 7.93. The Balaban J connectivity index is 0.00000144. The number of alkyl halides is 3. The van der Waals surface area contributed by atoms with Crippen molar-refractivity contribution in [3.63, 3.8) is 0 Å². The Labute approximate surface area is 159 Å². The monoisotopic (exact) mass is 452 g/mol. The number of hydrogen-bond acceptors (Lipinski definition) is 4. The minimum Gasteiger partial charge on any atom is -0.454 e. The molecule has 2 aliphatic rings. The predicted molar refractivity (Wildman–Crippen MR) is 92.6 cm³/mol. The van der Waals surface area contributed by atoms with Crippen LogP contribution in [0.4, 0.5) is 13.2 Å². The Bertz CT molecular complexity index is 558. The average molecular weight is 454 g/mol. The van der Waals surface area contributed by atoms with Gasteiger partial charge in [0.15, 0.2) is 11.5 Å². The molecule has 1 N–H and O–H groups in total. The molecule has 0 bridgehead atoms. The topological polar surface area (TPSA) is 33.7 Å². The van der Waals surface area contributed by atoms with Crippen LogP contribution in [0, 0.1) is 0 Å². The van der Waals surface area contributed by atoms with Crippen molar-refractivity contribution in [2.45, 2.75) is 18.6 Å².